The summed E-state index contributed by atoms with van der Waals surface area (Å²) < 4.78 is 11.0. The van der Waals surface area contributed by atoms with Gasteiger partial charge in [-0.3, -0.25) is 4.79 Å². The van der Waals surface area contributed by atoms with Crippen LogP contribution in [0.4, 0.5) is 0 Å². The molecule has 2 rings (SSSR count). The molecule has 0 saturated carbocycles. The molecule has 1 aromatic rings. The van der Waals surface area contributed by atoms with Crippen LogP contribution in [0.1, 0.15) is 30.1 Å². The van der Waals surface area contributed by atoms with Crippen LogP contribution in [0.15, 0.2) is 36.4 Å². The standard InChI is InChI=1S/C17H23NO3/c1-3-4-11-21-16-9-6-10-18(13-16)17(19)14-7-5-8-15(12-14)20-2/h3-5,7-8,12,16H,6,9-11,13H2,1-2H3/b4-3-. The fraction of sp³-hybridized carbons (Fsp3) is 0.471. The van der Waals surface area contributed by atoms with Gasteiger partial charge in [-0.05, 0) is 38.0 Å². The largest absolute Gasteiger partial charge is 0.497 e. The number of amides is 1. The summed E-state index contributed by atoms with van der Waals surface area (Å²) in [7, 11) is 1.61. The Labute approximate surface area is 126 Å². The molecule has 1 aliphatic rings. The van der Waals surface area contributed by atoms with E-state index in [4.69, 9.17) is 9.47 Å². The smallest absolute Gasteiger partial charge is 0.254 e. The molecule has 114 valence electrons. The SMILES string of the molecule is C/C=C\COC1CCCN(C(=O)c2cccc(OC)c2)C1. The molecule has 0 spiro atoms. The van der Waals surface area contributed by atoms with Gasteiger partial charge in [-0.2, -0.15) is 0 Å². The van der Waals surface area contributed by atoms with Crippen LogP contribution >= 0.6 is 0 Å². The van der Waals surface area contributed by atoms with Crippen molar-refractivity contribution >= 4 is 5.91 Å². The number of nitrogens with zero attached hydrogens (tertiary/aromatic N) is 1. The van der Waals surface area contributed by atoms with Crippen LogP contribution in [0.3, 0.4) is 0 Å². The molecule has 0 N–H and O–H groups in total. The zero-order valence-electron chi connectivity index (χ0n) is 12.7. The van der Waals surface area contributed by atoms with E-state index in [1.54, 1.807) is 13.2 Å². The minimum absolute atomic E-state index is 0.0493. The maximum Gasteiger partial charge on any atom is 0.254 e. The van der Waals surface area contributed by atoms with Gasteiger partial charge >= 0.3 is 0 Å². The van der Waals surface area contributed by atoms with Crippen LogP contribution in [0, 0.1) is 0 Å². The van der Waals surface area contributed by atoms with Gasteiger partial charge < -0.3 is 14.4 Å². The molecule has 1 saturated heterocycles. The molecular weight excluding hydrogens is 266 g/mol. The van der Waals surface area contributed by atoms with Crippen molar-refractivity contribution in [2.45, 2.75) is 25.9 Å². The van der Waals surface area contributed by atoms with Crippen molar-refractivity contribution < 1.29 is 14.3 Å². The lowest BCUT2D eigenvalue weighted by atomic mass is 10.1. The molecule has 4 nitrogen and oxygen atoms in total. The average Bonchev–Trinajstić information content (AvgIpc) is 2.55. The molecule has 1 fully saturated rings. The van der Waals surface area contributed by atoms with Gasteiger partial charge in [0.25, 0.3) is 5.91 Å². The van der Waals surface area contributed by atoms with Gasteiger partial charge in [-0.15, -0.1) is 0 Å². The van der Waals surface area contributed by atoms with Crippen LogP contribution in [0.2, 0.25) is 0 Å². The molecule has 1 atom stereocenters. The van der Waals surface area contributed by atoms with Crippen LogP contribution in [-0.4, -0.2) is 43.7 Å². The number of ether oxygens (including phenoxy) is 2. The highest BCUT2D eigenvalue weighted by Gasteiger charge is 2.24. The van der Waals surface area contributed by atoms with Crippen molar-refractivity contribution in [2.24, 2.45) is 0 Å². The first-order valence-corrected chi connectivity index (χ1v) is 7.40. The van der Waals surface area contributed by atoms with Crippen molar-refractivity contribution in [2.75, 3.05) is 26.8 Å². The fourth-order valence-corrected chi connectivity index (χ4v) is 2.49. The Hall–Kier alpha value is -1.81. The summed E-state index contributed by atoms with van der Waals surface area (Å²) in [5, 5.41) is 0. The summed E-state index contributed by atoms with van der Waals surface area (Å²) in [6, 6.07) is 7.30. The maximum atomic E-state index is 12.5. The monoisotopic (exact) mass is 289 g/mol. The molecule has 4 heteroatoms. The van der Waals surface area contributed by atoms with Gasteiger partial charge in [0.15, 0.2) is 0 Å². The number of hydrogen-bond acceptors (Lipinski definition) is 3. The van der Waals surface area contributed by atoms with E-state index >= 15 is 0 Å². The molecule has 0 aliphatic carbocycles. The van der Waals surface area contributed by atoms with Crippen molar-refractivity contribution in [1.29, 1.82) is 0 Å². The third-order valence-corrected chi connectivity index (χ3v) is 3.65. The molecule has 0 radical (unpaired) electrons. The predicted molar refractivity (Wildman–Crippen MR) is 82.7 cm³/mol. The van der Waals surface area contributed by atoms with Gasteiger partial charge in [0, 0.05) is 18.7 Å². The van der Waals surface area contributed by atoms with Crippen LogP contribution in [-0.2, 0) is 4.74 Å². The molecule has 21 heavy (non-hydrogen) atoms. The minimum atomic E-state index is 0.0493. The van der Waals surface area contributed by atoms with E-state index in [0.29, 0.717) is 24.5 Å². The number of likely N-dealkylation sites (tertiary alicyclic amines) is 1. The normalized spacial score (nSPS) is 19.0. The van der Waals surface area contributed by atoms with Crippen molar-refractivity contribution in [3.8, 4) is 5.75 Å². The average molecular weight is 289 g/mol. The molecule has 1 unspecified atom stereocenters. The van der Waals surface area contributed by atoms with E-state index in [1.807, 2.05) is 42.2 Å². The summed E-state index contributed by atoms with van der Waals surface area (Å²) in [5.41, 5.74) is 0.670. The Balaban J connectivity index is 1.97. The van der Waals surface area contributed by atoms with E-state index in [0.717, 1.165) is 19.4 Å². The molecule has 1 amide bonds. The minimum Gasteiger partial charge on any atom is -0.497 e. The summed E-state index contributed by atoms with van der Waals surface area (Å²) in [5.74, 6) is 0.756. The first-order chi connectivity index (χ1) is 10.2. The summed E-state index contributed by atoms with van der Waals surface area (Å²) in [6.07, 6.45) is 6.09. The molecule has 1 aliphatic heterocycles. The van der Waals surface area contributed by atoms with E-state index in [9.17, 15) is 4.79 Å². The molecule has 0 aromatic heterocycles. The lowest BCUT2D eigenvalue weighted by Crippen LogP contribution is -2.43. The topological polar surface area (TPSA) is 38.8 Å². The van der Waals surface area contributed by atoms with Crippen LogP contribution in [0.25, 0.3) is 0 Å². The number of carbonyl (C=O) groups excluding carboxylic acids is 1. The highest BCUT2D eigenvalue weighted by atomic mass is 16.5. The third-order valence-electron chi connectivity index (χ3n) is 3.65. The maximum absolute atomic E-state index is 12.5. The Kier molecular flexibility index (Phi) is 5.81. The number of benzene rings is 1. The summed E-state index contributed by atoms with van der Waals surface area (Å²) in [4.78, 5) is 14.4. The van der Waals surface area contributed by atoms with Crippen molar-refractivity contribution in [3.63, 3.8) is 0 Å². The Morgan fingerprint density at radius 2 is 2.33 bits per heavy atom. The first-order valence-electron chi connectivity index (χ1n) is 7.40. The Morgan fingerprint density at radius 1 is 1.48 bits per heavy atom. The van der Waals surface area contributed by atoms with Crippen LogP contribution in [0.5, 0.6) is 5.75 Å². The Morgan fingerprint density at radius 3 is 3.10 bits per heavy atom. The van der Waals surface area contributed by atoms with E-state index in [1.165, 1.54) is 0 Å². The van der Waals surface area contributed by atoms with Gasteiger partial charge in [0.05, 0.1) is 19.8 Å². The van der Waals surface area contributed by atoms with Gasteiger partial charge in [-0.1, -0.05) is 18.2 Å². The van der Waals surface area contributed by atoms with Crippen molar-refractivity contribution in [3.05, 3.63) is 42.0 Å². The molecular formula is C17H23NO3. The van der Waals surface area contributed by atoms with Gasteiger partial charge in [-0.25, -0.2) is 0 Å². The number of methoxy groups -OCH3 is 1. The number of hydrogen-bond donors (Lipinski definition) is 0. The fourth-order valence-electron chi connectivity index (χ4n) is 2.49. The molecule has 1 aromatic carbocycles. The predicted octanol–water partition coefficient (Wildman–Crippen LogP) is 2.89. The second-order valence-corrected chi connectivity index (χ2v) is 5.15. The summed E-state index contributed by atoms with van der Waals surface area (Å²) in [6.45, 7) is 4.04. The number of rotatable bonds is 5. The lowest BCUT2D eigenvalue weighted by molar-refractivity contribution is 0.0133. The van der Waals surface area contributed by atoms with Crippen molar-refractivity contribution in [1.82, 2.24) is 4.90 Å². The highest BCUT2D eigenvalue weighted by Crippen LogP contribution is 2.19. The van der Waals surface area contributed by atoms with E-state index < -0.39 is 0 Å². The zero-order valence-corrected chi connectivity index (χ0v) is 12.7. The third kappa shape index (κ3) is 4.33. The molecule has 1 heterocycles. The van der Waals surface area contributed by atoms with Gasteiger partial charge in [0.1, 0.15) is 5.75 Å². The number of piperidine rings is 1. The number of allylic oxidation sites excluding steroid dienone is 1. The first kappa shape index (κ1) is 15.6. The second kappa shape index (κ2) is 7.84. The highest BCUT2D eigenvalue weighted by molar-refractivity contribution is 5.94. The zero-order chi connectivity index (χ0) is 15.1. The number of carbonyl (C=O) groups is 1. The lowest BCUT2D eigenvalue weighted by Gasteiger charge is -2.32. The van der Waals surface area contributed by atoms with E-state index in [-0.39, 0.29) is 12.0 Å². The Bertz CT molecular complexity index is 499. The summed E-state index contributed by atoms with van der Waals surface area (Å²) >= 11 is 0. The van der Waals surface area contributed by atoms with E-state index in [2.05, 4.69) is 0 Å². The quantitative estimate of drug-likeness (QED) is 0.782. The van der Waals surface area contributed by atoms with Crippen LogP contribution < -0.4 is 4.74 Å². The second-order valence-electron chi connectivity index (χ2n) is 5.15. The van der Waals surface area contributed by atoms with Gasteiger partial charge in [0.2, 0.25) is 0 Å². The molecule has 0 bridgehead atoms.